The van der Waals surface area contributed by atoms with Crippen molar-refractivity contribution in [3.63, 3.8) is 0 Å². The number of aromatic hydroxyl groups is 1. The number of ether oxygens (including phenoxy) is 1. The number of benzene rings is 2. The number of amides is 1. The van der Waals surface area contributed by atoms with Gasteiger partial charge in [-0.15, -0.1) is 5.10 Å². The summed E-state index contributed by atoms with van der Waals surface area (Å²) in [5.41, 5.74) is 5.45. The van der Waals surface area contributed by atoms with E-state index in [4.69, 9.17) is 9.15 Å². The Labute approximate surface area is 166 Å². The van der Waals surface area contributed by atoms with E-state index in [1.54, 1.807) is 25.1 Å². The Morgan fingerprint density at radius 3 is 2.83 bits per heavy atom. The standard InChI is InChI=1S/C22H19N3O4/c1-10-6-13-7-17-19(28-12(3)22(27)23-17)9-16(13)20(25-24-10)21-11(2)15-8-14(26)4-5-18(15)29-21/h4-5,7-9,12,26H,6H2,1-3H3,(H,23,27)/t12-/m1/s1. The second kappa shape index (κ2) is 6.20. The van der Waals surface area contributed by atoms with Gasteiger partial charge in [0, 0.05) is 28.6 Å². The number of hydrogen-bond donors (Lipinski definition) is 2. The second-order valence-electron chi connectivity index (χ2n) is 7.45. The van der Waals surface area contributed by atoms with Crippen LogP contribution in [0.2, 0.25) is 0 Å². The fourth-order valence-corrected chi connectivity index (χ4v) is 3.77. The van der Waals surface area contributed by atoms with E-state index in [2.05, 4.69) is 15.5 Å². The lowest BCUT2D eigenvalue weighted by Crippen LogP contribution is -2.34. The van der Waals surface area contributed by atoms with Gasteiger partial charge in [-0.2, -0.15) is 5.10 Å². The highest BCUT2D eigenvalue weighted by Gasteiger charge is 2.28. The summed E-state index contributed by atoms with van der Waals surface area (Å²) in [5, 5.41) is 22.4. The van der Waals surface area contributed by atoms with E-state index >= 15 is 0 Å². The molecule has 1 atom stereocenters. The van der Waals surface area contributed by atoms with Gasteiger partial charge in [0.05, 0.1) is 5.69 Å². The van der Waals surface area contributed by atoms with E-state index in [9.17, 15) is 9.90 Å². The van der Waals surface area contributed by atoms with Gasteiger partial charge in [0.25, 0.3) is 5.91 Å². The lowest BCUT2D eigenvalue weighted by molar-refractivity contribution is -0.122. The molecule has 3 heterocycles. The third kappa shape index (κ3) is 2.77. The molecule has 0 unspecified atom stereocenters. The van der Waals surface area contributed by atoms with Crippen molar-refractivity contribution in [1.29, 1.82) is 0 Å². The number of anilines is 1. The van der Waals surface area contributed by atoms with Gasteiger partial charge in [0.2, 0.25) is 0 Å². The van der Waals surface area contributed by atoms with Crippen molar-refractivity contribution in [1.82, 2.24) is 0 Å². The third-order valence-electron chi connectivity index (χ3n) is 5.29. The summed E-state index contributed by atoms with van der Waals surface area (Å²) in [7, 11) is 0. The van der Waals surface area contributed by atoms with Crippen LogP contribution in [0.25, 0.3) is 11.0 Å². The maximum absolute atomic E-state index is 12.0. The molecule has 0 radical (unpaired) electrons. The molecular weight excluding hydrogens is 370 g/mol. The van der Waals surface area contributed by atoms with Crippen molar-refractivity contribution in [3.05, 3.63) is 52.8 Å². The van der Waals surface area contributed by atoms with E-state index in [0.717, 1.165) is 27.8 Å². The van der Waals surface area contributed by atoms with Crippen LogP contribution in [0.1, 0.15) is 36.3 Å². The topological polar surface area (TPSA) is 96.4 Å². The summed E-state index contributed by atoms with van der Waals surface area (Å²) in [6, 6.07) is 8.81. The number of hydrogen-bond acceptors (Lipinski definition) is 6. The van der Waals surface area contributed by atoms with Gasteiger partial charge in [-0.05, 0) is 56.7 Å². The van der Waals surface area contributed by atoms with Crippen molar-refractivity contribution >= 4 is 34.0 Å². The van der Waals surface area contributed by atoms with Gasteiger partial charge in [-0.1, -0.05) is 0 Å². The summed E-state index contributed by atoms with van der Waals surface area (Å²) >= 11 is 0. The highest BCUT2D eigenvalue weighted by atomic mass is 16.5. The minimum absolute atomic E-state index is 0.168. The molecule has 2 aliphatic heterocycles. The fraction of sp³-hybridized carbons (Fsp3) is 0.227. The highest BCUT2D eigenvalue weighted by molar-refractivity contribution is 6.16. The van der Waals surface area contributed by atoms with Crippen LogP contribution in [-0.4, -0.2) is 28.5 Å². The lowest BCUT2D eigenvalue weighted by atomic mass is 9.95. The molecule has 7 heteroatoms. The minimum Gasteiger partial charge on any atom is -0.508 e. The largest absolute Gasteiger partial charge is 0.508 e. The number of phenolic OH excluding ortho intramolecular Hbond substituents is 1. The van der Waals surface area contributed by atoms with Crippen molar-refractivity contribution in [2.24, 2.45) is 10.2 Å². The number of carbonyl (C=O) groups is 1. The number of fused-ring (bicyclic) bond motifs is 3. The number of nitrogens with one attached hydrogen (secondary N) is 1. The van der Waals surface area contributed by atoms with E-state index < -0.39 is 6.10 Å². The zero-order valence-electron chi connectivity index (χ0n) is 16.2. The van der Waals surface area contributed by atoms with Crippen LogP contribution in [-0.2, 0) is 11.2 Å². The molecule has 146 valence electrons. The third-order valence-corrected chi connectivity index (χ3v) is 5.29. The fourth-order valence-electron chi connectivity index (χ4n) is 3.77. The zero-order chi connectivity index (χ0) is 20.3. The number of furan rings is 1. The molecule has 7 nitrogen and oxygen atoms in total. The van der Waals surface area contributed by atoms with Crippen LogP contribution < -0.4 is 10.1 Å². The first-order valence-electron chi connectivity index (χ1n) is 9.39. The molecule has 2 N–H and O–H groups in total. The van der Waals surface area contributed by atoms with Crippen LogP contribution in [0.3, 0.4) is 0 Å². The molecule has 3 aromatic rings. The van der Waals surface area contributed by atoms with E-state index in [1.807, 2.05) is 26.0 Å². The summed E-state index contributed by atoms with van der Waals surface area (Å²) in [6.45, 7) is 5.56. The zero-order valence-corrected chi connectivity index (χ0v) is 16.2. The number of rotatable bonds is 1. The number of phenols is 1. The molecular formula is C22H19N3O4. The second-order valence-corrected chi connectivity index (χ2v) is 7.45. The Bertz CT molecular complexity index is 1250. The summed E-state index contributed by atoms with van der Waals surface area (Å²) < 4.78 is 11.9. The molecule has 1 amide bonds. The van der Waals surface area contributed by atoms with Crippen molar-refractivity contribution in [2.75, 3.05) is 5.32 Å². The molecule has 1 aromatic heterocycles. The molecule has 0 aliphatic carbocycles. The van der Waals surface area contributed by atoms with Crippen LogP contribution in [0.4, 0.5) is 5.69 Å². The molecule has 2 aliphatic rings. The average molecular weight is 389 g/mol. The van der Waals surface area contributed by atoms with Crippen LogP contribution in [0.15, 0.2) is 45.0 Å². The molecule has 0 saturated heterocycles. The molecule has 0 spiro atoms. The first-order valence-corrected chi connectivity index (χ1v) is 9.39. The molecule has 0 bridgehead atoms. The van der Waals surface area contributed by atoms with Crippen molar-refractivity contribution in [2.45, 2.75) is 33.3 Å². The van der Waals surface area contributed by atoms with Gasteiger partial charge in [-0.25, -0.2) is 0 Å². The Morgan fingerprint density at radius 2 is 2.00 bits per heavy atom. The smallest absolute Gasteiger partial charge is 0.265 e. The maximum Gasteiger partial charge on any atom is 0.265 e. The number of nitrogens with zero attached hydrogens (tertiary/aromatic N) is 2. The minimum atomic E-state index is -0.569. The van der Waals surface area contributed by atoms with Crippen molar-refractivity contribution < 1.29 is 19.1 Å². The lowest BCUT2D eigenvalue weighted by Gasteiger charge is -2.25. The first-order chi connectivity index (χ1) is 13.9. The van der Waals surface area contributed by atoms with E-state index in [0.29, 0.717) is 34.9 Å². The van der Waals surface area contributed by atoms with E-state index in [1.165, 1.54) is 0 Å². The summed E-state index contributed by atoms with van der Waals surface area (Å²) in [5.74, 6) is 1.20. The first kappa shape index (κ1) is 17.5. The van der Waals surface area contributed by atoms with Gasteiger partial charge < -0.3 is 19.6 Å². The normalized spacial score (nSPS) is 18.2. The number of aryl methyl sites for hydroxylation is 1. The Morgan fingerprint density at radius 1 is 1.17 bits per heavy atom. The average Bonchev–Trinajstić information content (AvgIpc) is 2.90. The summed E-state index contributed by atoms with van der Waals surface area (Å²) in [4.78, 5) is 12.0. The van der Waals surface area contributed by atoms with Crippen LogP contribution >= 0.6 is 0 Å². The predicted molar refractivity (Wildman–Crippen MR) is 110 cm³/mol. The molecule has 0 saturated carbocycles. The maximum atomic E-state index is 12.0. The quantitative estimate of drug-likeness (QED) is 0.659. The molecule has 29 heavy (non-hydrogen) atoms. The SMILES string of the molecule is CC1=NN=C(c2oc3ccc(O)cc3c2C)c2cc3c(cc2C1)NC(=O)[C@@H](C)O3. The summed E-state index contributed by atoms with van der Waals surface area (Å²) in [6.07, 6.45) is 0.0294. The van der Waals surface area contributed by atoms with Gasteiger partial charge in [-0.3, -0.25) is 4.79 Å². The molecule has 0 fully saturated rings. The van der Waals surface area contributed by atoms with Gasteiger partial charge in [0.15, 0.2) is 11.9 Å². The number of carbonyl (C=O) groups excluding carboxylic acids is 1. The van der Waals surface area contributed by atoms with Gasteiger partial charge >= 0.3 is 0 Å². The van der Waals surface area contributed by atoms with Gasteiger partial charge in [0.1, 0.15) is 22.8 Å². The van der Waals surface area contributed by atoms with E-state index in [-0.39, 0.29) is 11.7 Å². The Hall–Kier alpha value is -3.61. The molecule has 5 rings (SSSR count). The predicted octanol–water partition coefficient (Wildman–Crippen LogP) is 3.94. The van der Waals surface area contributed by atoms with Crippen LogP contribution in [0.5, 0.6) is 11.5 Å². The van der Waals surface area contributed by atoms with Crippen molar-refractivity contribution in [3.8, 4) is 11.5 Å². The monoisotopic (exact) mass is 389 g/mol. The Kier molecular flexibility index (Phi) is 3.74. The highest BCUT2D eigenvalue weighted by Crippen LogP contribution is 2.37. The molecule has 2 aromatic carbocycles. The Balaban J connectivity index is 1.72. The van der Waals surface area contributed by atoms with Crippen LogP contribution in [0, 0.1) is 6.92 Å².